The van der Waals surface area contributed by atoms with E-state index in [-0.39, 0.29) is 12.5 Å². The topological polar surface area (TPSA) is 105 Å². The lowest BCUT2D eigenvalue weighted by Gasteiger charge is -2.30. The van der Waals surface area contributed by atoms with Crippen molar-refractivity contribution in [3.05, 3.63) is 29.8 Å². The number of carbonyl (C=O) groups is 3. The van der Waals surface area contributed by atoms with Crippen molar-refractivity contribution >= 4 is 23.5 Å². The fourth-order valence-corrected chi connectivity index (χ4v) is 2.65. The van der Waals surface area contributed by atoms with E-state index >= 15 is 0 Å². The van der Waals surface area contributed by atoms with Crippen LogP contribution in [0.3, 0.4) is 0 Å². The third-order valence-corrected chi connectivity index (χ3v) is 4.82. The molecular weight excluding hydrogens is 332 g/mol. The molecule has 1 aliphatic heterocycles. The van der Waals surface area contributed by atoms with Crippen molar-refractivity contribution < 1.29 is 14.4 Å². The lowest BCUT2D eigenvalue weighted by Crippen LogP contribution is -2.43. The van der Waals surface area contributed by atoms with E-state index in [0.29, 0.717) is 17.2 Å². The minimum Gasteiger partial charge on any atom is -0.369 e. The van der Waals surface area contributed by atoms with Crippen LogP contribution in [-0.4, -0.2) is 42.4 Å². The van der Waals surface area contributed by atoms with Crippen molar-refractivity contribution in [1.82, 2.24) is 10.2 Å². The number of benzene rings is 1. The Morgan fingerprint density at radius 2 is 1.73 bits per heavy atom. The highest BCUT2D eigenvalue weighted by atomic mass is 16.2. The Hall–Kier alpha value is -2.57. The minimum atomic E-state index is -0.820. The van der Waals surface area contributed by atoms with Gasteiger partial charge in [-0.1, -0.05) is 6.92 Å². The number of rotatable bonds is 5. The van der Waals surface area contributed by atoms with Crippen molar-refractivity contribution in [1.29, 1.82) is 0 Å². The molecule has 1 fully saturated rings. The normalized spacial score (nSPS) is 15.4. The smallest absolute Gasteiger partial charge is 0.319 e. The number of piperidine rings is 1. The summed E-state index contributed by atoms with van der Waals surface area (Å²) in [6.07, 6.45) is 2.07. The van der Waals surface area contributed by atoms with Crippen LogP contribution in [0.1, 0.15) is 44.0 Å². The second kappa shape index (κ2) is 8.21. The van der Waals surface area contributed by atoms with Crippen LogP contribution in [0.2, 0.25) is 0 Å². The maximum atomic E-state index is 12.5. The SMILES string of the molecule is CC1CCN(C(=O)c2ccc(NC(=O)NCC(C)(C)C(N)=O)cc2)CC1. The number of likely N-dealkylation sites (tertiary alicyclic amines) is 1. The van der Waals surface area contributed by atoms with Crippen LogP contribution in [0.4, 0.5) is 10.5 Å². The van der Waals surface area contributed by atoms with Crippen LogP contribution in [0.25, 0.3) is 0 Å². The summed E-state index contributed by atoms with van der Waals surface area (Å²) in [5, 5.41) is 5.30. The van der Waals surface area contributed by atoms with Crippen LogP contribution < -0.4 is 16.4 Å². The lowest BCUT2D eigenvalue weighted by atomic mass is 9.93. The number of primary amides is 1. The van der Waals surface area contributed by atoms with Gasteiger partial charge in [0.05, 0.1) is 5.41 Å². The van der Waals surface area contributed by atoms with E-state index < -0.39 is 17.4 Å². The average Bonchev–Trinajstić information content (AvgIpc) is 2.61. The Labute approximate surface area is 154 Å². The number of anilines is 1. The number of amides is 4. The largest absolute Gasteiger partial charge is 0.369 e. The fourth-order valence-electron chi connectivity index (χ4n) is 2.65. The van der Waals surface area contributed by atoms with Gasteiger partial charge in [0.1, 0.15) is 0 Å². The minimum absolute atomic E-state index is 0.0242. The molecule has 7 nitrogen and oxygen atoms in total. The highest BCUT2D eigenvalue weighted by Crippen LogP contribution is 2.19. The van der Waals surface area contributed by atoms with Crippen LogP contribution in [0, 0.1) is 11.3 Å². The zero-order valence-electron chi connectivity index (χ0n) is 15.7. The van der Waals surface area contributed by atoms with Crippen molar-refractivity contribution in [2.75, 3.05) is 25.0 Å². The summed E-state index contributed by atoms with van der Waals surface area (Å²) >= 11 is 0. The molecule has 1 aliphatic rings. The predicted molar refractivity (Wildman–Crippen MR) is 101 cm³/mol. The third kappa shape index (κ3) is 5.21. The van der Waals surface area contributed by atoms with Gasteiger partial charge < -0.3 is 21.3 Å². The second-order valence-corrected chi connectivity index (χ2v) is 7.61. The number of hydrogen-bond acceptors (Lipinski definition) is 3. The Kier molecular flexibility index (Phi) is 6.23. The first kappa shape index (κ1) is 19.8. The molecule has 1 saturated heterocycles. The third-order valence-electron chi connectivity index (χ3n) is 4.82. The van der Waals surface area contributed by atoms with E-state index in [2.05, 4.69) is 17.6 Å². The van der Waals surface area contributed by atoms with Crippen LogP contribution >= 0.6 is 0 Å². The van der Waals surface area contributed by atoms with Crippen LogP contribution in [-0.2, 0) is 4.79 Å². The summed E-state index contributed by atoms with van der Waals surface area (Å²) in [5.41, 5.74) is 5.64. The number of nitrogens with one attached hydrogen (secondary N) is 2. The molecule has 0 bridgehead atoms. The van der Waals surface area contributed by atoms with E-state index in [1.807, 2.05) is 4.90 Å². The Morgan fingerprint density at radius 3 is 2.27 bits per heavy atom. The van der Waals surface area contributed by atoms with Crippen molar-refractivity contribution in [3.63, 3.8) is 0 Å². The molecule has 0 unspecified atom stereocenters. The number of nitrogens with zero attached hydrogens (tertiary/aromatic N) is 1. The highest BCUT2D eigenvalue weighted by Gasteiger charge is 2.25. The van der Waals surface area contributed by atoms with E-state index in [0.717, 1.165) is 25.9 Å². The molecule has 7 heteroatoms. The number of hydrogen-bond donors (Lipinski definition) is 3. The van der Waals surface area contributed by atoms with Gasteiger partial charge >= 0.3 is 6.03 Å². The van der Waals surface area contributed by atoms with Gasteiger partial charge in [-0.15, -0.1) is 0 Å². The maximum Gasteiger partial charge on any atom is 0.319 e. The van der Waals surface area contributed by atoms with E-state index in [4.69, 9.17) is 5.73 Å². The molecule has 0 atom stereocenters. The van der Waals surface area contributed by atoms with Gasteiger partial charge in [0.25, 0.3) is 5.91 Å². The molecule has 0 aliphatic carbocycles. The quantitative estimate of drug-likeness (QED) is 0.749. The fraction of sp³-hybridized carbons (Fsp3) is 0.526. The van der Waals surface area contributed by atoms with Gasteiger partial charge in [0.2, 0.25) is 5.91 Å². The van der Waals surface area contributed by atoms with Crippen molar-refractivity contribution in [2.24, 2.45) is 17.1 Å². The zero-order valence-corrected chi connectivity index (χ0v) is 15.7. The predicted octanol–water partition coefficient (Wildman–Crippen LogP) is 2.19. The van der Waals surface area contributed by atoms with Gasteiger partial charge in [-0.25, -0.2) is 4.79 Å². The standard InChI is InChI=1S/C19H28N4O3/c1-13-8-10-23(11-9-13)16(24)14-4-6-15(7-5-14)22-18(26)21-12-19(2,3)17(20)25/h4-7,13H,8-12H2,1-3H3,(H2,20,25)(H2,21,22,26). The monoisotopic (exact) mass is 360 g/mol. The molecule has 2 rings (SSSR count). The molecule has 0 spiro atoms. The first-order valence-electron chi connectivity index (χ1n) is 8.93. The molecule has 1 aromatic rings. The summed E-state index contributed by atoms with van der Waals surface area (Å²) in [6.45, 7) is 7.25. The highest BCUT2D eigenvalue weighted by molar-refractivity contribution is 5.95. The first-order chi connectivity index (χ1) is 12.2. The second-order valence-electron chi connectivity index (χ2n) is 7.61. The molecule has 0 saturated carbocycles. The summed E-state index contributed by atoms with van der Waals surface area (Å²) < 4.78 is 0. The summed E-state index contributed by atoms with van der Waals surface area (Å²) in [7, 11) is 0. The van der Waals surface area contributed by atoms with Crippen LogP contribution in [0.15, 0.2) is 24.3 Å². The van der Waals surface area contributed by atoms with E-state index in [1.165, 1.54) is 0 Å². The summed E-state index contributed by atoms with van der Waals surface area (Å²) in [6, 6.07) is 6.38. The number of carbonyl (C=O) groups excluding carboxylic acids is 3. The first-order valence-corrected chi connectivity index (χ1v) is 8.93. The molecule has 4 amide bonds. The lowest BCUT2D eigenvalue weighted by molar-refractivity contribution is -0.125. The van der Waals surface area contributed by atoms with Gasteiger partial charge in [-0.3, -0.25) is 9.59 Å². The molecule has 4 N–H and O–H groups in total. The number of urea groups is 1. The Balaban J connectivity index is 1.88. The van der Waals surface area contributed by atoms with E-state index in [1.54, 1.807) is 38.1 Å². The van der Waals surface area contributed by atoms with Gasteiger partial charge in [-0.05, 0) is 56.9 Å². The molecule has 142 valence electrons. The summed E-state index contributed by atoms with van der Waals surface area (Å²) in [5.74, 6) is 0.215. The van der Waals surface area contributed by atoms with Crippen molar-refractivity contribution in [2.45, 2.75) is 33.6 Å². The molecule has 26 heavy (non-hydrogen) atoms. The van der Waals surface area contributed by atoms with Crippen LogP contribution in [0.5, 0.6) is 0 Å². The molecule has 0 aromatic heterocycles. The van der Waals surface area contributed by atoms with E-state index in [9.17, 15) is 14.4 Å². The Morgan fingerprint density at radius 1 is 1.15 bits per heavy atom. The van der Waals surface area contributed by atoms with Gasteiger partial charge in [0, 0.05) is 30.9 Å². The van der Waals surface area contributed by atoms with Crippen molar-refractivity contribution in [3.8, 4) is 0 Å². The van der Waals surface area contributed by atoms with Gasteiger partial charge in [0.15, 0.2) is 0 Å². The molecule has 0 radical (unpaired) electrons. The number of nitrogens with two attached hydrogens (primary N) is 1. The Bertz CT molecular complexity index is 662. The summed E-state index contributed by atoms with van der Waals surface area (Å²) in [4.78, 5) is 37.6. The molecule has 1 aromatic carbocycles. The average molecular weight is 360 g/mol. The zero-order chi connectivity index (χ0) is 19.3. The maximum absolute atomic E-state index is 12.5. The molecule has 1 heterocycles. The molecular formula is C19H28N4O3. The van der Waals surface area contributed by atoms with Gasteiger partial charge in [-0.2, -0.15) is 0 Å².